The van der Waals surface area contributed by atoms with Crippen LogP contribution in [0.25, 0.3) is 0 Å². The molecule has 0 aromatic heterocycles. The zero-order valence-electron chi connectivity index (χ0n) is 5.73. The van der Waals surface area contributed by atoms with Crippen molar-refractivity contribution in [2.24, 2.45) is 0 Å². The lowest BCUT2D eigenvalue weighted by Crippen LogP contribution is -2.15. The molecule has 0 unspecified atom stereocenters. The van der Waals surface area contributed by atoms with Crippen molar-refractivity contribution in [3.05, 3.63) is 0 Å². The monoisotopic (exact) mass is 133 g/mol. The van der Waals surface area contributed by atoms with Gasteiger partial charge in [0.2, 0.25) is 0 Å². The fourth-order valence-corrected chi connectivity index (χ4v) is 0.431. The smallest absolute Gasteiger partial charge is 0.118 e. The number of ether oxygens (including phenoxy) is 1. The predicted octanol–water partition coefficient (Wildman–Crippen LogP) is 2.35. The molecule has 0 spiro atoms. The van der Waals surface area contributed by atoms with Crippen molar-refractivity contribution in [3.8, 4) is 0 Å². The Hall–Kier alpha value is 0.310. The first-order valence-electron chi connectivity index (χ1n) is 2.90. The van der Waals surface area contributed by atoms with Gasteiger partial charge in [0.05, 0.1) is 0 Å². The SMILES string of the molecule is CCCOC(C)(C)[S]. The van der Waals surface area contributed by atoms with Crippen LogP contribution >= 0.6 is 12.6 Å². The molecule has 0 aliphatic carbocycles. The second kappa shape index (κ2) is 3.36. The fraction of sp³-hybridized carbons (Fsp3) is 1.00. The van der Waals surface area contributed by atoms with Crippen LogP contribution in [-0.2, 0) is 4.74 Å². The molecule has 0 aromatic rings. The van der Waals surface area contributed by atoms with E-state index in [0.29, 0.717) is 0 Å². The largest absolute Gasteiger partial charge is 0.364 e. The highest BCUT2D eigenvalue weighted by Crippen LogP contribution is 2.12. The summed E-state index contributed by atoms with van der Waals surface area (Å²) in [7, 11) is 0. The van der Waals surface area contributed by atoms with E-state index in [1.54, 1.807) is 0 Å². The van der Waals surface area contributed by atoms with Crippen LogP contribution < -0.4 is 0 Å². The van der Waals surface area contributed by atoms with Crippen LogP contribution in [0, 0.1) is 0 Å². The van der Waals surface area contributed by atoms with Crippen LogP contribution in [0.4, 0.5) is 0 Å². The first kappa shape index (κ1) is 8.31. The molecule has 0 aromatic carbocycles. The molecule has 0 aliphatic heterocycles. The summed E-state index contributed by atoms with van der Waals surface area (Å²) in [5.74, 6) is 0. The summed E-state index contributed by atoms with van der Waals surface area (Å²) in [6.07, 6.45) is 1.04. The molecule has 0 atom stereocenters. The van der Waals surface area contributed by atoms with Crippen LogP contribution in [-0.4, -0.2) is 11.5 Å². The molecule has 0 saturated carbocycles. The molecule has 0 amide bonds. The third-order valence-electron chi connectivity index (χ3n) is 0.654. The summed E-state index contributed by atoms with van der Waals surface area (Å²) in [5, 5.41) is 0. The molecule has 0 N–H and O–H groups in total. The summed E-state index contributed by atoms with van der Waals surface area (Å²) in [5.41, 5.74) is 0. The van der Waals surface area contributed by atoms with E-state index >= 15 is 0 Å². The van der Waals surface area contributed by atoms with Crippen LogP contribution in [0.2, 0.25) is 0 Å². The quantitative estimate of drug-likeness (QED) is 0.574. The molecule has 0 bridgehead atoms. The molecule has 1 nitrogen and oxygen atoms in total. The van der Waals surface area contributed by atoms with E-state index in [4.69, 9.17) is 17.4 Å². The normalized spacial score (nSPS) is 12.0. The molecule has 49 valence electrons. The highest BCUT2D eigenvalue weighted by molar-refractivity contribution is 7.81. The van der Waals surface area contributed by atoms with E-state index in [1.807, 2.05) is 13.8 Å². The topological polar surface area (TPSA) is 9.23 Å². The maximum atomic E-state index is 5.19. The molecule has 0 heterocycles. The van der Waals surface area contributed by atoms with Crippen LogP contribution in [0.1, 0.15) is 27.2 Å². The van der Waals surface area contributed by atoms with Gasteiger partial charge in [-0.2, -0.15) is 0 Å². The molecular weight excluding hydrogens is 120 g/mol. The van der Waals surface area contributed by atoms with Gasteiger partial charge in [-0.15, -0.1) is 0 Å². The minimum absolute atomic E-state index is 0.365. The Morgan fingerprint density at radius 3 is 2.12 bits per heavy atom. The average Bonchev–Trinajstić information content (AvgIpc) is 1.59. The highest BCUT2D eigenvalue weighted by atomic mass is 32.1. The van der Waals surface area contributed by atoms with Crippen molar-refractivity contribution >= 4 is 12.6 Å². The summed E-state index contributed by atoms with van der Waals surface area (Å²) in [4.78, 5) is -0.365. The predicted molar refractivity (Wildman–Crippen MR) is 37.9 cm³/mol. The van der Waals surface area contributed by atoms with Crippen molar-refractivity contribution in [1.82, 2.24) is 0 Å². The summed E-state index contributed by atoms with van der Waals surface area (Å²) >= 11 is 4.93. The number of hydrogen-bond donors (Lipinski definition) is 0. The Morgan fingerprint density at radius 2 is 2.00 bits per heavy atom. The third kappa shape index (κ3) is 6.31. The number of hydrogen-bond acceptors (Lipinski definition) is 1. The Kier molecular flexibility index (Phi) is 3.49. The first-order chi connectivity index (χ1) is 3.56. The van der Waals surface area contributed by atoms with Crippen molar-refractivity contribution in [3.63, 3.8) is 0 Å². The zero-order chi connectivity index (χ0) is 6.62. The van der Waals surface area contributed by atoms with E-state index in [-0.39, 0.29) is 4.93 Å². The standard InChI is InChI=1S/C6H13OS/c1-4-5-7-6(2,3)8/h4-5H2,1-3H3. The second-order valence-corrected chi connectivity index (χ2v) is 3.23. The lowest BCUT2D eigenvalue weighted by Gasteiger charge is -2.15. The van der Waals surface area contributed by atoms with Gasteiger partial charge in [-0.3, -0.25) is 0 Å². The Labute approximate surface area is 56.8 Å². The second-order valence-electron chi connectivity index (χ2n) is 2.25. The fourth-order valence-electron chi connectivity index (χ4n) is 0.348. The van der Waals surface area contributed by atoms with Gasteiger partial charge in [0.1, 0.15) is 4.93 Å². The molecule has 2 heteroatoms. The van der Waals surface area contributed by atoms with Gasteiger partial charge in [0.15, 0.2) is 0 Å². The minimum atomic E-state index is -0.365. The van der Waals surface area contributed by atoms with Gasteiger partial charge < -0.3 is 4.74 Å². The summed E-state index contributed by atoms with van der Waals surface area (Å²) < 4.78 is 5.19. The molecule has 0 aliphatic rings. The van der Waals surface area contributed by atoms with Crippen molar-refractivity contribution in [1.29, 1.82) is 0 Å². The molecule has 0 rings (SSSR count). The molecular formula is C6H13OS. The maximum Gasteiger partial charge on any atom is 0.118 e. The maximum absolute atomic E-state index is 5.19. The first-order valence-corrected chi connectivity index (χ1v) is 3.31. The Balaban J connectivity index is 3.11. The highest BCUT2D eigenvalue weighted by Gasteiger charge is 2.10. The van der Waals surface area contributed by atoms with Gasteiger partial charge in [-0.25, -0.2) is 0 Å². The summed E-state index contributed by atoms with van der Waals surface area (Å²) in [6.45, 7) is 6.62. The lowest BCUT2D eigenvalue weighted by molar-refractivity contribution is 0.0547. The van der Waals surface area contributed by atoms with Gasteiger partial charge in [-0.05, 0) is 20.3 Å². The van der Waals surface area contributed by atoms with E-state index in [9.17, 15) is 0 Å². The number of rotatable bonds is 3. The molecule has 1 radical (unpaired) electrons. The average molecular weight is 133 g/mol. The Morgan fingerprint density at radius 1 is 1.50 bits per heavy atom. The van der Waals surface area contributed by atoms with E-state index in [1.165, 1.54) is 0 Å². The van der Waals surface area contributed by atoms with Crippen LogP contribution in [0.3, 0.4) is 0 Å². The van der Waals surface area contributed by atoms with Gasteiger partial charge in [-0.1, -0.05) is 19.6 Å². The van der Waals surface area contributed by atoms with E-state index in [2.05, 4.69) is 6.92 Å². The van der Waals surface area contributed by atoms with Gasteiger partial charge in [0.25, 0.3) is 0 Å². The Bertz CT molecular complexity index is 56.0. The van der Waals surface area contributed by atoms with Crippen molar-refractivity contribution in [2.75, 3.05) is 6.61 Å². The molecule has 0 saturated heterocycles. The zero-order valence-corrected chi connectivity index (χ0v) is 6.55. The van der Waals surface area contributed by atoms with E-state index in [0.717, 1.165) is 13.0 Å². The minimum Gasteiger partial charge on any atom is -0.364 e. The summed E-state index contributed by atoms with van der Waals surface area (Å²) in [6, 6.07) is 0. The van der Waals surface area contributed by atoms with E-state index < -0.39 is 0 Å². The van der Waals surface area contributed by atoms with Gasteiger partial charge in [0, 0.05) is 6.61 Å². The lowest BCUT2D eigenvalue weighted by atomic mass is 10.4. The van der Waals surface area contributed by atoms with Crippen LogP contribution in [0.15, 0.2) is 0 Å². The van der Waals surface area contributed by atoms with Crippen molar-refractivity contribution in [2.45, 2.75) is 32.1 Å². The van der Waals surface area contributed by atoms with Crippen LogP contribution in [0.5, 0.6) is 0 Å². The van der Waals surface area contributed by atoms with Crippen molar-refractivity contribution < 1.29 is 4.74 Å². The molecule has 8 heavy (non-hydrogen) atoms. The van der Waals surface area contributed by atoms with Gasteiger partial charge >= 0.3 is 0 Å². The molecule has 0 fully saturated rings. The third-order valence-corrected chi connectivity index (χ3v) is 0.772.